The molecule has 1 rings (SSSR count). The van der Waals surface area contributed by atoms with E-state index in [1.165, 1.54) is 62.7 Å². The number of unbranched alkanes of at least 4 members (excludes halogenated alkanes) is 7. The molecule has 1 aromatic carbocycles. The van der Waals surface area contributed by atoms with E-state index >= 15 is 0 Å². The van der Waals surface area contributed by atoms with Crippen LogP contribution < -0.4 is 0 Å². The second-order valence-electron chi connectivity index (χ2n) is 5.72. The molecule has 0 atom stereocenters. The van der Waals surface area contributed by atoms with Gasteiger partial charge in [0.15, 0.2) is 0 Å². The molecule has 0 aliphatic rings. The van der Waals surface area contributed by atoms with E-state index in [1.807, 2.05) is 11.8 Å². The van der Waals surface area contributed by atoms with Gasteiger partial charge >= 0.3 is 0 Å². The van der Waals surface area contributed by atoms with Crippen LogP contribution in [0.15, 0.2) is 46.2 Å². The lowest BCUT2D eigenvalue weighted by Crippen LogP contribution is -1.84. The first kappa shape index (κ1) is 18.4. The summed E-state index contributed by atoms with van der Waals surface area (Å²) in [5.74, 6) is 0. The fourth-order valence-electron chi connectivity index (χ4n) is 2.50. The molecule has 1 heteroatoms. The van der Waals surface area contributed by atoms with Gasteiger partial charge in [0, 0.05) is 4.90 Å². The van der Waals surface area contributed by atoms with E-state index in [9.17, 15) is 0 Å². The molecule has 0 spiro atoms. The first-order valence-electron chi connectivity index (χ1n) is 8.78. The summed E-state index contributed by atoms with van der Waals surface area (Å²) in [7, 11) is 0. The number of hydrogen-bond acceptors (Lipinski definition) is 1. The predicted octanol–water partition coefficient (Wildman–Crippen LogP) is 7.60. The third kappa shape index (κ3) is 9.79. The normalized spacial score (nSPS) is 11.8. The first-order valence-corrected chi connectivity index (χ1v) is 9.60. The van der Waals surface area contributed by atoms with E-state index in [1.54, 1.807) is 4.91 Å². The number of benzene rings is 1. The van der Waals surface area contributed by atoms with Crippen LogP contribution in [0, 0.1) is 0 Å². The van der Waals surface area contributed by atoms with Crippen LogP contribution in [-0.2, 0) is 0 Å². The van der Waals surface area contributed by atoms with Gasteiger partial charge in [-0.1, -0.05) is 94.8 Å². The minimum Gasteiger partial charge on any atom is -0.0949 e. The molecule has 0 bridgehead atoms. The van der Waals surface area contributed by atoms with Crippen molar-refractivity contribution in [1.82, 2.24) is 0 Å². The molecule has 0 amide bonds. The van der Waals surface area contributed by atoms with Crippen molar-refractivity contribution in [3.05, 3.63) is 41.3 Å². The maximum atomic E-state index is 2.40. The lowest BCUT2D eigenvalue weighted by Gasteiger charge is -2.07. The number of thioether (sulfide) groups is 1. The first-order chi connectivity index (χ1) is 10.4. The molecule has 0 aliphatic heterocycles. The van der Waals surface area contributed by atoms with Crippen LogP contribution in [0.1, 0.15) is 78.1 Å². The van der Waals surface area contributed by atoms with Crippen molar-refractivity contribution in [2.75, 3.05) is 0 Å². The third-order valence-electron chi connectivity index (χ3n) is 3.70. The van der Waals surface area contributed by atoms with Crippen molar-refractivity contribution in [3.8, 4) is 0 Å². The van der Waals surface area contributed by atoms with Gasteiger partial charge in [-0.2, -0.15) is 0 Å². The van der Waals surface area contributed by atoms with E-state index in [-0.39, 0.29) is 0 Å². The van der Waals surface area contributed by atoms with E-state index < -0.39 is 0 Å². The lowest BCUT2D eigenvalue weighted by atomic mass is 10.1. The Balaban J connectivity index is 2.16. The summed E-state index contributed by atoms with van der Waals surface area (Å²) in [5.41, 5.74) is 0. The fourth-order valence-corrected chi connectivity index (χ4v) is 3.59. The second-order valence-corrected chi connectivity index (χ2v) is 6.92. The molecule has 0 N–H and O–H groups in total. The van der Waals surface area contributed by atoms with Crippen LogP contribution in [0.4, 0.5) is 0 Å². The zero-order valence-electron chi connectivity index (χ0n) is 13.9. The van der Waals surface area contributed by atoms with Crippen LogP contribution in [0.2, 0.25) is 0 Å². The highest BCUT2D eigenvalue weighted by Crippen LogP contribution is 2.30. The minimum absolute atomic E-state index is 1.15. The summed E-state index contributed by atoms with van der Waals surface area (Å²) in [6, 6.07) is 10.8. The van der Waals surface area contributed by atoms with Gasteiger partial charge in [-0.25, -0.2) is 0 Å². The zero-order valence-corrected chi connectivity index (χ0v) is 14.8. The Morgan fingerprint density at radius 3 is 2.10 bits per heavy atom. The Bertz CT molecular complexity index is 367. The van der Waals surface area contributed by atoms with Gasteiger partial charge in [-0.05, 0) is 36.3 Å². The Labute approximate surface area is 136 Å². The molecule has 0 saturated carbocycles. The Kier molecular flexibility index (Phi) is 11.4. The Morgan fingerprint density at radius 1 is 0.857 bits per heavy atom. The van der Waals surface area contributed by atoms with Crippen LogP contribution in [0.25, 0.3) is 0 Å². The van der Waals surface area contributed by atoms with Crippen molar-refractivity contribution < 1.29 is 0 Å². The summed E-state index contributed by atoms with van der Waals surface area (Å²) in [5, 5.41) is 0. The van der Waals surface area contributed by atoms with Gasteiger partial charge in [0.2, 0.25) is 0 Å². The lowest BCUT2D eigenvalue weighted by molar-refractivity contribution is 0.577. The minimum atomic E-state index is 1.15. The highest BCUT2D eigenvalue weighted by Gasteiger charge is 2.01. The molecule has 0 aromatic heterocycles. The molecule has 0 heterocycles. The van der Waals surface area contributed by atoms with E-state index in [0.29, 0.717) is 0 Å². The molecule has 1 aromatic rings. The SMILES string of the molecule is CC/C=C(/CCCCCCCCCC)Sc1ccccc1. The van der Waals surface area contributed by atoms with Crippen molar-refractivity contribution in [1.29, 1.82) is 0 Å². The molecule has 21 heavy (non-hydrogen) atoms. The quantitative estimate of drug-likeness (QED) is 0.283. The summed E-state index contributed by atoms with van der Waals surface area (Å²) in [6.45, 7) is 4.52. The molecule has 0 saturated heterocycles. The highest BCUT2D eigenvalue weighted by atomic mass is 32.2. The van der Waals surface area contributed by atoms with Gasteiger partial charge in [0.25, 0.3) is 0 Å². The van der Waals surface area contributed by atoms with Crippen molar-refractivity contribution in [2.24, 2.45) is 0 Å². The predicted molar refractivity (Wildman–Crippen MR) is 97.9 cm³/mol. The largest absolute Gasteiger partial charge is 0.0949 e. The molecule has 118 valence electrons. The average molecular weight is 305 g/mol. The average Bonchev–Trinajstić information content (AvgIpc) is 2.51. The molecule has 0 nitrogen and oxygen atoms in total. The molecule has 0 unspecified atom stereocenters. The molecule has 0 radical (unpaired) electrons. The maximum Gasteiger partial charge on any atom is 0.0118 e. The molecule has 0 fully saturated rings. The van der Waals surface area contributed by atoms with Crippen molar-refractivity contribution in [3.63, 3.8) is 0 Å². The summed E-state index contributed by atoms with van der Waals surface area (Å²) in [6.07, 6.45) is 16.0. The van der Waals surface area contributed by atoms with Crippen molar-refractivity contribution >= 4 is 11.8 Å². The second kappa shape index (κ2) is 13.0. The Morgan fingerprint density at radius 2 is 1.48 bits per heavy atom. The van der Waals surface area contributed by atoms with Crippen LogP contribution in [0.3, 0.4) is 0 Å². The molecule has 0 aliphatic carbocycles. The van der Waals surface area contributed by atoms with Gasteiger partial charge in [0.1, 0.15) is 0 Å². The Hall–Kier alpha value is -0.690. The molecular weight excluding hydrogens is 272 g/mol. The smallest absolute Gasteiger partial charge is 0.0118 e. The van der Waals surface area contributed by atoms with Gasteiger partial charge in [0.05, 0.1) is 0 Å². The number of hydrogen-bond donors (Lipinski definition) is 0. The van der Waals surface area contributed by atoms with E-state index in [2.05, 4.69) is 50.3 Å². The summed E-state index contributed by atoms with van der Waals surface area (Å²) in [4.78, 5) is 2.92. The van der Waals surface area contributed by atoms with E-state index in [0.717, 1.165) is 6.42 Å². The van der Waals surface area contributed by atoms with Gasteiger partial charge < -0.3 is 0 Å². The highest BCUT2D eigenvalue weighted by molar-refractivity contribution is 8.03. The van der Waals surface area contributed by atoms with Crippen LogP contribution in [0.5, 0.6) is 0 Å². The molecular formula is C20H32S. The van der Waals surface area contributed by atoms with E-state index in [4.69, 9.17) is 0 Å². The third-order valence-corrected chi connectivity index (χ3v) is 4.84. The zero-order chi connectivity index (χ0) is 15.2. The van der Waals surface area contributed by atoms with Gasteiger partial charge in [-0.15, -0.1) is 0 Å². The van der Waals surface area contributed by atoms with Crippen molar-refractivity contribution in [2.45, 2.75) is 83.0 Å². The van der Waals surface area contributed by atoms with Crippen LogP contribution >= 0.6 is 11.8 Å². The summed E-state index contributed by atoms with van der Waals surface area (Å²) >= 11 is 1.95. The standard InChI is InChI=1S/C20H32S/c1-3-5-6-7-8-9-10-12-16-19(15-4-2)21-20-17-13-11-14-18-20/h11,13-15,17-18H,3-10,12,16H2,1-2H3/b19-15-. The fraction of sp³-hybridized carbons (Fsp3) is 0.600. The maximum absolute atomic E-state index is 2.40. The van der Waals surface area contributed by atoms with Gasteiger partial charge in [-0.3, -0.25) is 0 Å². The number of allylic oxidation sites excluding steroid dienone is 2. The number of rotatable bonds is 12. The monoisotopic (exact) mass is 304 g/mol. The topological polar surface area (TPSA) is 0 Å². The van der Waals surface area contributed by atoms with Crippen LogP contribution in [-0.4, -0.2) is 0 Å². The summed E-state index contributed by atoms with van der Waals surface area (Å²) < 4.78 is 0.